The number of amides is 3. The quantitative estimate of drug-likeness (QED) is 0.116. The summed E-state index contributed by atoms with van der Waals surface area (Å²) in [7, 11) is 0. The zero-order valence-electron chi connectivity index (χ0n) is 27.9. The molecule has 3 aromatic rings. The average Bonchev–Trinajstić information content (AvgIpc) is 3.51. The first-order chi connectivity index (χ1) is 22.1. The highest BCUT2D eigenvalue weighted by atomic mass is 32.2. The lowest BCUT2D eigenvalue weighted by atomic mass is 10.0. The smallest absolute Gasteiger partial charge is 0.242 e. The van der Waals surface area contributed by atoms with Crippen LogP contribution in [-0.2, 0) is 32.3 Å². The summed E-state index contributed by atoms with van der Waals surface area (Å²) < 4.78 is 7.81. The lowest BCUT2D eigenvalue weighted by Gasteiger charge is -2.28. The van der Waals surface area contributed by atoms with Gasteiger partial charge in [-0.2, -0.15) is 0 Å². The van der Waals surface area contributed by atoms with Gasteiger partial charge in [-0.3, -0.25) is 19.3 Å². The van der Waals surface area contributed by atoms with Gasteiger partial charge in [0.25, 0.3) is 0 Å². The number of nitrogens with two attached hydrogens (primary N) is 1. The van der Waals surface area contributed by atoms with Crippen molar-refractivity contribution in [3.63, 3.8) is 0 Å². The molecule has 4 N–H and O–H groups in total. The Morgan fingerprint density at radius 3 is 2.67 bits per heavy atom. The molecule has 2 aromatic heterocycles. The van der Waals surface area contributed by atoms with Crippen molar-refractivity contribution in [1.29, 1.82) is 0 Å². The van der Waals surface area contributed by atoms with E-state index in [9.17, 15) is 14.4 Å². The zero-order valence-corrected chi connectivity index (χ0v) is 28.7. The second kappa shape index (κ2) is 17.1. The number of aromatic nitrogens is 3. The van der Waals surface area contributed by atoms with Crippen LogP contribution in [0.1, 0.15) is 84.9 Å². The molecule has 0 saturated carbocycles. The number of carbonyl (C=O) groups excluding carboxylic acids is 3. The van der Waals surface area contributed by atoms with Gasteiger partial charge in [0.2, 0.25) is 17.7 Å². The van der Waals surface area contributed by atoms with Crippen LogP contribution in [0.4, 0.5) is 5.82 Å². The number of rotatable bonds is 20. The molecule has 0 aliphatic carbocycles. The molecule has 1 aromatic carbocycles. The zero-order chi connectivity index (χ0) is 33.1. The van der Waals surface area contributed by atoms with E-state index in [1.807, 2.05) is 45.0 Å². The first kappa shape index (κ1) is 35.6. The van der Waals surface area contributed by atoms with Gasteiger partial charge in [-0.15, -0.1) is 11.8 Å². The van der Waals surface area contributed by atoms with E-state index in [4.69, 9.17) is 15.5 Å². The highest BCUT2D eigenvalue weighted by molar-refractivity contribution is 8.00. The number of para-hydroxylation sites is 1. The number of hydrogen-bond acceptors (Lipinski definition) is 9. The van der Waals surface area contributed by atoms with Crippen molar-refractivity contribution in [3.8, 4) is 0 Å². The first-order valence-corrected chi connectivity index (χ1v) is 17.8. The summed E-state index contributed by atoms with van der Waals surface area (Å²) in [5.74, 6) is 1.72. The topological polar surface area (TPSA) is 144 Å². The van der Waals surface area contributed by atoms with Gasteiger partial charge in [-0.05, 0) is 52.6 Å². The van der Waals surface area contributed by atoms with E-state index < -0.39 is 5.54 Å². The van der Waals surface area contributed by atoms with Gasteiger partial charge in [-0.25, -0.2) is 9.97 Å². The van der Waals surface area contributed by atoms with Crippen molar-refractivity contribution in [2.24, 2.45) is 0 Å². The lowest BCUT2D eigenvalue weighted by Crippen LogP contribution is -2.46. The maximum Gasteiger partial charge on any atom is 0.242 e. The third-order valence-electron chi connectivity index (χ3n) is 8.20. The molecule has 4 rings (SSSR count). The summed E-state index contributed by atoms with van der Waals surface area (Å²) >= 11 is 1.57. The average molecular weight is 654 g/mol. The second-order valence-electron chi connectivity index (χ2n) is 12.6. The molecule has 0 radical (unpaired) electrons. The van der Waals surface area contributed by atoms with Gasteiger partial charge in [0, 0.05) is 50.2 Å². The number of likely N-dealkylation sites (tertiary alicyclic amines) is 1. The standard InChI is InChI=1S/C34H51N7O4S/c1-5-7-12-17-36-18-20-46-26-21-29(43)40(33(26)44)19-13-8-9-16-28(42)39-34(3,4)23-41-27(22-45-6-2)38-30-31(41)24-14-10-11-15-25(24)37-32(30)35/h10-11,14-15,26,36H,5-9,12-13,16-23H2,1-4H3,(H2,35,37)(H,39,42). The normalized spacial score (nSPS) is 15.5. The molecule has 1 saturated heterocycles. The van der Waals surface area contributed by atoms with Gasteiger partial charge in [-0.1, -0.05) is 44.4 Å². The molecule has 11 nitrogen and oxygen atoms in total. The molecule has 12 heteroatoms. The van der Waals surface area contributed by atoms with Crippen LogP contribution in [0.15, 0.2) is 24.3 Å². The van der Waals surface area contributed by atoms with Gasteiger partial charge in [0.1, 0.15) is 17.9 Å². The number of nitrogen functional groups attached to an aromatic ring is 1. The Hall–Kier alpha value is -3.22. The summed E-state index contributed by atoms with van der Waals surface area (Å²) in [6.07, 6.45) is 6.36. The number of carbonyl (C=O) groups is 3. The number of anilines is 1. The molecule has 1 aliphatic rings. The van der Waals surface area contributed by atoms with Crippen LogP contribution in [-0.4, -0.2) is 79.9 Å². The lowest BCUT2D eigenvalue weighted by molar-refractivity contribution is -0.138. The summed E-state index contributed by atoms with van der Waals surface area (Å²) in [4.78, 5) is 49.1. The maximum absolute atomic E-state index is 13.0. The van der Waals surface area contributed by atoms with Crippen LogP contribution >= 0.6 is 11.8 Å². The first-order valence-electron chi connectivity index (χ1n) is 16.7. The van der Waals surface area contributed by atoms with Crippen molar-refractivity contribution in [2.75, 3.05) is 37.7 Å². The Morgan fingerprint density at radius 2 is 1.89 bits per heavy atom. The Labute approximate surface area is 276 Å². The third-order valence-corrected chi connectivity index (χ3v) is 9.41. The monoisotopic (exact) mass is 653 g/mol. The molecule has 0 spiro atoms. The highest BCUT2D eigenvalue weighted by Gasteiger charge is 2.38. The molecule has 1 fully saturated rings. The summed E-state index contributed by atoms with van der Waals surface area (Å²) in [6.45, 7) is 11.7. The van der Waals surface area contributed by atoms with E-state index >= 15 is 0 Å². The number of imidazole rings is 1. The number of unbranched alkanes of at least 4 members (excludes halogenated alkanes) is 4. The SMILES string of the molecule is CCCCCNCCSC1CC(=O)N(CCCCCC(=O)NC(C)(C)Cn2c(COCC)nc3c(N)nc4ccccc4c32)C1=O. The number of hydrogen-bond donors (Lipinski definition) is 3. The van der Waals surface area contributed by atoms with Crippen LogP contribution in [0.25, 0.3) is 21.9 Å². The van der Waals surface area contributed by atoms with Crippen LogP contribution in [0, 0.1) is 0 Å². The number of benzene rings is 1. The fourth-order valence-corrected chi connectivity index (χ4v) is 6.98. The molecule has 1 unspecified atom stereocenters. The number of fused-ring (bicyclic) bond motifs is 3. The molecule has 3 heterocycles. The Morgan fingerprint density at radius 1 is 1.09 bits per heavy atom. The predicted molar refractivity (Wildman–Crippen MR) is 185 cm³/mol. The van der Waals surface area contributed by atoms with Crippen molar-refractivity contribution in [1.82, 2.24) is 30.1 Å². The predicted octanol–water partition coefficient (Wildman–Crippen LogP) is 4.80. The molecular weight excluding hydrogens is 602 g/mol. The Bertz CT molecular complexity index is 1490. The summed E-state index contributed by atoms with van der Waals surface area (Å²) in [5, 5.41) is 7.27. The maximum atomic E-state index is 13.0. The second-order valence-corrected chi connectivity index (χ2v) is 13.9. The number of ether oxygens (including phenoxy) is 1. The van der Waals surface area contributed by atoms with E-state index in [1.165, 1.54) is 24.2 Å². The fourth-order valence-electron chi connectivity index (χ4n) is 5.90. The van der Waals surface area contributed by atoms with Crippen molar-refractivity contribution in [3.05, 3.63) is 30.1 Å². The minimum Gasteiger partial charge on any atom is -0.382 e. The molecule has 1 atom stereocenters. The number of pyridine rings is 1. The number of nitrogens with one attached hydrogen (secondary N) is 2. The van der Waals surface area contributed by atoms with Crippen LogP contribution < -0.4 is 16.4 Å². The van der Waals surface area contributed by atoms with E-state index in [0.717, 1.165) is 47.5 Å². The summed E-state index contributed by atoms with van der Waals surface area (Å²) in [6, 6.07) is 7.83. The van der Waals surface area contributed by atoms with Crippen molar-refractivity contribution >= 4 is 57.2 Å². The van der Waals surface area contributed by atoms with Gasteiger partial charge >= 0.3 is 0 Å². The Kier molecular flexibility index (Phi) is 13.2. The summed E-state index contributed by atoms with van der Waals surface area (Å²) in [5.41, 5.74) is 8.03. The molecule has 46 heavy (non-hydrogen) atoms. The van der Waals surface area contributed by atoms with Crippen molar-refractivity contribution in [2.45, 2.75) is 103 Å². The number of nitrogens with zero attached hydrogens (tertiary/aromatic N) is 4. The Balaban J connectivity index is 1.25. The van der Waals surface area contributed by atoms with E-state index in [0.29, 0.717) is 56.9 Å². The van der Waals surface area contributed by atoms with E-state index in [1.54, 1.807) is 11.8 Å². The number of thioether (sulfide) groups is 1. The molecule has 1 aliphatic heterocycles. The van der Waals surface area contributed by atoms with Gasteiger partial charge in [0.15, 0.2) is 5.82 Å². The molecular formula is C34H51N7O4S. The molecule has 252 valence electrons. The van der Waals surface area contributed by atoms with E-state index in [2.05, 4.69) is 27.1 Å². The number of imide groups is 1. The largest absolute Gasteiger partial charge is 0.382 e. The minimum absolute atomic E-state index is 0.0417. The molecule has 0 bridgehead atoms. The van der Waals surface area contributed by atoms with E-state index in [-0.39, 0.29) is 29.4 Å². The fraction of sp³-hybridized carbons (Fsp3) is 0.618. The minimum atomic E-state index is -0.586. The van der Waals surface area contributed by atoms with Crippen molar-refractivity contribution < 1.29 is 19.1 Å². The van der Waals surface area contributed by atoms with Gasteiger partial charge < -0.3 is 25.7 Å². The highest BCUT2D eigenvalue weighted by Crippen LogP contribution is 2.30. The van der Waals surface area contributed by atoms with Crippen LogP contribution in [0.3, 0.4) is 0 Å². The third kappa shape index (κ3) is 9.42. The van der Waals surface area contributed by atoms with Crippen LogP contribution in [0.2, 0.25) is 0 Å². The van der Waals surface area contributed by atoms with Gasteiger partial charge in [0.05, 0.1) is 21.8 Å². The molecule has 3 amide bonds. The van der Waals surface area contributed by atoms with Crippen LogP contribution in [0.5, 0.6) is 0 Å².